The molecule has 0 aliphatic rings. The Morgan fingerprint density at radius 1 is 0.300 bits per heavy atom. The van der Waals surface area contributed by atoms with Crippen LogP contribution in [0, 0.1) is 0 Å². The molecule has 4 atom stereocenters. The molecule has 0 rings (SSSR count). The first-order valence-electron chi connectivity index (χ1n) is 32.4. The predicted octanol–water partition coefficient (Wildman–Crippen LogP) is 19.4. The molecule has 0 aliphatic heterocycles. The molecule has 1 amide bonds. The second-order valence-corrected chi connectivity index (χ2v) is 22.8. The second-order valence-electron chi connectivity index (χ2n) is 22.8. The fraction of sp³-hybridized carbons (Fsp3) is 0.984. The van der Waals surface area contributed by atoms with Crippen molar-refractivity contribution in [3.8, 4) is 0 Å². The van der Waals surface area contributed by atoms with E-state index in [1.165, 1.54) is 308 Å². The van der Waals surface area contributed by atoms with E-state index in [0.29, 0.717) is 12.8 Å². The SMILES string of the molecule is CCCCCCCCCCCCCCCCCCCCCCCCCCCCCCCCCCC(O)C(O)C(CO)NC(=O)C(O)CCCCCCCCCCCCCCCCCCCCCCCC. The van der Waals surface area contributed by atoms with Crippen molar-refractivity contribution < 1.29 is 25.2 Å². The monoisotopic (exact) mass is 992 g/mol. The van der Waals surface area contributed by atoms with Crippen LogP contribution < -0.4 is 5.32 Å². The summed E-state index contributed by atoms with van der Waals surface area (Å²) in [6.07, 6.45) is 70.6. The summed E-state index contributed by atoms with van der Waals surface area (Å²) in [5.74, 6) is -0.574. The standard InChI is InChI=1S/C64H129NO5/c1-3-5-7-9-11-13-15-17-19-21-23-25-27-28-29-30-31-32-33-34-35-36-38-39-41-43-45-47-49-51-53-55-57-61(67)63(69)60(59-66)65-64(70)62(68)58-56-54-52-50-48-46-44-42-40-37-26-24-22-20-18-16-14-12-10-8-6-4-2/h60-63,66-69H,3-59H2,1-2H3,(H,65,70). The van der Waals surface area contributed by atoms with E-state index in [9.17, 15) is 25.2 Å². The van der Waals surface area contributed by atoms with Crippen LogP contribution in [0.15, 0.2) is 0 Å². The molecular formula is C64H129NO5. The summed E-state index contributed by atoms with van der Waals surface area (Å²) in [6.45, 7) is 4.11. The highest BCUT2D eigenvalue weighted by atomic mass is 16.3. The van der Waals surface area contributed by atoms with E-state index < -0.39 is 36.9 Å². The number of nitrogens with one attached hydrogen (secondary N) is 1. The summed E-state index contributed by atoms with van der Waals surface area (Å²) in [4.78, 5) is 12.6. The highest BCUT2D eigenvalue weighted by Crippen LogP contribution is 2.20. The summed E-state index contributed by atoms with van der Waals surface area (Å²) >= 11 is 0. The number of carbonyl (C=O) groups is 1. The highest BCUT2D eigenvalue weighted by molar-refractivity contribution is 5.80. The van der Waals surface area contributed by atoms with Crippen LogP contribution in [0.1, 0.15) is 373 Å². The lowest BCUT2D eigenvalue weighted by Gasteiger charge is -2.27. The third-order valence-electron chi connectivity index (χ3n) is 15.8. The number of unbranched alkanes of at least 4 members (excludes halogenated alkanes) is 52. The second kappa shape index (κ2) is 59.2. The van der Waals surface area contributed by atoms with Gasteiger partial charge in [-0.1, -0.05) is 361 Å². The van der Waals surface area contributed by atoms with Crippen molar-refractivity contribution in [2.24, 2.45) is 0 Å². The van der Waals surface area contributed by atoms with Crippen molar-refractivity contribution in [1.82, 2.24) is 5.32 Å². The molecule has 0 spiro atoms. The zero-order valence-corrected chi connectivity index (χ0v) is 47.8. The van der Waals surface area contributed by atoms with E-state index >= 15 is 0 Å². The van der Waals surface area contributed by atoms with Crippen molar-refractivity contribution in [2.45, 2.75) is 398 Å². The Balaban J connectivity index is 3.52. The minimum Gasteiger partial charge on any atom is -0.394 e. The first kappa shape index (κ1) is 69.3. The largest absolute Gasteiger partial charge is 0.394 e. The molecule has 5 N–H and O–H groups in total. The fourth-order valence-corrected chi connectivity index (χ4v) is 10.8. The summed E-state index contributed by atoms with van der Waals surface area (Å²) in [5.41, 5.74) is 0. The molecule has 0 heterocycles. The average molecular weight is 993 g/mol. The van der Waals surface area contributed by atoms with Crippen LogP contribution in [0.3, 0.4) is 0 Å². The van der Waals surface area contributed by atoms with Gasteiger partial charge in [0.1, 0.15) is 12.2 Å². The van der Waals surface area contributed by atoms with Gasteiger partial charge in [-0.25, -0.2) is 0 Å². The fourth-order valence-electron chi connectivity index (χ4n) is 10.8. The number of aliphatic hydroxyl groups excluding tert-OH is 4. The van der Waals surface area contributed by atoms with Crippen LogP contribution >= 0.6 is 0 Å². The van der Waals surface area contributed by atoms with E-state index in [1.807, 2.05) is 0 Å². The van der Waals surface area contributed by atoms with Crippen LogP contribution in [-0.2, 0) is 4.79 Å². The molecule has 70 heavy (non-hydrogen) atoms. The smallest absolute Gasteiger partial charge is 0.249 e. The maximum atomic E-state index is 12.6. The molecule has 4 unspecified atom stereocenters. The van der Waals surface area contributed by atoms with E-state index in [1.54, 1.807) is 0 Å². The Hall–Kier alpha value is -0.690. The first-order chi connectivity index (χ1) is 34.5. The van der Waals surface area contributed by atoms with Crippen molar-refractivity contribution in [3.63, 3.8) is 0 Å². The Kier molecular flexibility index (Phi) is 58.6. The molecule has 6 heteroatoms. The topological polar surface area (TPSA) is 110 Å². The molecule has 6 nitrogen and oxygen atoms in total. The molecule has 0 bridgehead atoms. The van der Waals surface area contributed by atoms with Gasteiger partial charge < -0.3 is 25.7 Å². The van der Waals surface area contributed by atoms with Crippen LogP contribution in [0.4, 0.5) is 0 Å². The molecule has 0 radical (unpaired) electrons. The normalized spacial score (nSPS) is 13.5. The van der Waals surface area contributed by atoms with Crippen LogP contribution in [0.25, 0.3) is 0 Å². The molecule has 420 valence electrons. The van der Waals surface area contributed by atoms with E-state index in [0.717, 1.165) is 38.5 Å². The van der Waals surface area contributed by atoms with E-state index in [4.69, 9.17) is 0 Å². The maximum absolute atomic E-state index is 12.6. The molecule has 0 aromatic rings. The zero-order valence-electron chi connectivity index (χ0n) is 47.8. The number of hydrogen-bond acceptors (Lipinski definition) is 5. The lowest BCUT2D eigenvalue weighted by molar-refractivity contribution is -0.132. The van der Waals surface area contributed by atoms with E-state index in [-0.39, 0.29) is 0 Å². The number of rotatable bonds is 61. The Bertz CT molecular complexity index is 979. The van der Waals surface area contributed by atoms with Gasteiger partial charge in [-0.2, -0.15) is 0 Å². The van der Waals surface area contributed by atoms with Crippen molar-refractivity contribution in [3.05, 3.63) is 0 Å². The minimum atomic E-state index is -1.26. The number of amides is 1. The van der Waals surface area contributed by atoms with Crippen molar-refractivity contribution >= 4 is 5.91 Å². The van der Waals surface area contributed by atoms with Crippen LogP contribution in [0.5, 0.6) is 0 Å². The van der Waals surface area contributed by atoms with Gasteiger partial charge in [0.2, 0.25) is 5.91 Å². The van der Waals surface area contributed by atoms with E-state index in [2.05, 4.69) is 19.2 Å². The summed E-state index contributed by atoms with van der Waals surface area (Å²) < 4.78 is 0. The Morgan fingerprint density at radius 2 is 0.486 bits per heavy atom. The van der Waals surface area contributed by atoms with Gasteiger partial charge in [-0.15, -0.1) is 0 Å². The molecule has 0 fully saturated rings. The van der Waals surface area contributed by atoms with Gasteiger partial charge in [0.25, 0.3) is 0 Å². The van der Waals surface area contributed by atoms with Gasteiger partial charge in [0.05, 0.1) is 18.8 Å². The third-order valence-corrected chi connectivity index (χ3v) is 15.8. The molecule has 0 aromatic heterocycles. The lowest BCUT2D eigenvalue weighted by atomic mass is 9.99. The predicted molar refractivity (Wildman–Crippen MR) is 307 cm³/mol. The average Bonchev–Trinajstić information content (AvgIpc) is 3.36. The number of carbonyl (C=O) groups excluding carboxylic acids is 1. The van der Waals surface area contributed by atoms with Gasteiger partial charge in [0, 0.05) is 0 Å². The Labute approximate surface area is 439 Å². The lowest BCUT2D eigenvalue weighted by Crippen LogP contribution is -2.53. The first-order valence-corrected chi connectivity index (χ1v) is 32.4. The summed E-state index contributed by atoms with van der Waals surface area (Å²) in [5, 5.41) is 44.2. The van der Waals surface area contributed by atoms with Gasteiger partial charge in [-0.3, -0.25) is 4.79 Å². The van der Waals surface area contributed by atoms with Crippen molar-refractivity contribution in [1.29, 1.82) is 0 Å². The third kappa shape index (κ3) is 52.2. The molecule has 0 aromatic carbocycles. The number of aliphatic hydroxyl groups is 4. The quantitative estimate of drug-likeness (QED) is 0.0390. The van der Waals surface area contributed by atoms with Crippen molar-refractivity contribution in [2.75, 3.05) is 6.61 Å². The van der Waals surface area contributed by atoms with Gasteiger partial charge >= 0.3 is 0 Å². The summed E-state index contributed by atoms with van der Waals surface area (Å²) in [7, 11) is 0. The summed E-state index contributed by atoms with van der Waals surface area (Å²) in [6, 6.07) is -0.981. The van der Waals surface area contributed by atoms with Crippen LogP contribution in [0.2, 0.25) is 0 Å². The zero-order chi connectivity index (χ0) is 50.9. The van der Waals surface area contributed by atoms with Gasteiger partial charge in [-0.05, 0) is 12.8 Å². The molecule has 0 saturated carbocycles. The Morgan fingerprint density at radius 3 is 0.686 bits per heavy atom. The molecular weight excluding hydrogens is 863 g/mol. The highest BCUT2D eigenvalue weighted by Gasteiger charge is 2.28. The van der Waals surface area contributed by atoms with Crippen LogP contribution in [-0.4, -0.2) is 57.3 Å². The molecule has 0 aliphatic carbocycles. The molecule has 0 saturated heterocycles. The minimum absolute atomic E-state index is 0.376. The number of hydrogen-bond donors (Lipinski definition) is 5. The van der Waals surface area contributed by atoms with Gasteiger partial charge in [0.15, 0.2) is 0 Å². The maximum Gasteiger partial charge on any atom is 0.249 e.